The van der Waals surface area contributed by atoms with Gasteiger partial charge in [-0.25, -0.2) is 0 Å². The van der Waals surface area contributed by atoms with Crippen LogP contribution in [0.5, 0.6) is 0 Å². The number of amides is 1. The second kappa shape index (κ2) is 50.5. The first kappa shape index (κ1) is 58.8. The van der Waals surface area contributed by atoms with E-state index in [1.54, 1.807) is 0 Å². The van der Waals surface area contributed by atoms with Gasteiger partial charge in [-0.05, 0) is 44.9 Å². The summed E-state index contributed by atoms with van der Waals surface area (Å²) in [5.41, 5.74) is 0. The predicted molar refractivity (Wildman–Crippen MR) is 264 cm³/mol. The molecule has 0 radical (unpaired) electrons. The van der Waals surface area contributed by atoms with E-state index in [1.165, 1.54) is 225 Å². The molecule has 0 rings (SSSR count). The topological polar surface area (TPSA) is 89.8 Å². The van der Waals surface area contributed by atoms with Crippen molar-refractivity contribution in [1.82, 2.24) is 5.32 Å². The van der Waals surface area contributed by atoms with Gasteiger partial charge in [0.2, 0.25) is 5.91 Å². The molecule has 0 heterocycles. The SMILES string of the molecule is CCCCCCCCCCC/C=C\C/C=C\CCCCCCCCC(O)C(=O)NC(CO)C(O)CCCCCCCCCCCCCCCCCCCCCCCCCC. The van der Waals surface area contributed by atoms with Gasteiger partial charge in [0.15, 0.2) is 0 Å². The quantitative estimate of drug-likeness (QED) is 0.0363. The largest absolute Gasteiger partial charge is 0.394 e. The van der Waals surface area contributed by atoms with Gasteiger partial charge in [-0.3, -0.25) is 4.79 Å². The molecule has 0 saturated carbocycles. The Bertz CT molecular complexity index is 890. The van der Waals surface area contributed by atoms with E-state index in [1.807, 2.05) is 0 Å². The summed E-state index contributed by atoms with van der Waals surface area (Å²) in [5, 5.41) is 33.5. The van der Waals surface area contributed by atoms with Crippen molar-refractivity contribution in [3.63, 3.8) is 0 Å². The second-order valence-corrected chi connectivity index (χ2v) is 18.8. The van der Waals surface area contributed by atoms with E-state index >= 15 is 0 Å². The van der Waals surface area contributed by atoms with E-state index < -0.39 is 24.2 Å². The number of allylic oxidation sites excluding steroid dienone is 4. The molecule has 5 heteroatoms. The van der Waals surface area contributed by atoms with E-state index in [9.17, 15) is 20.1 Å². The van der Waals surface area contributed by atoms with Crippen molar-refractivity contribution in [1.29, 1.82) is 0 Å². The molecule has 5 nitrogen and oxygen atoms in total. The smallest absolute Gasteiger partial charge is 0.249 e. The van der Waals surface area contributed by atoms with Crippen LogP contribution in [-0.4, -0.2) is 46.1 Å². The van der Waals surface area contributed by atoms with Crippen LogP contribution < -0.4 is 5.32 Å². The molecule has 0 aliphatic carbocycles. The normalized spacial score (nSPS) is 13.5. The van der Waals surface area contributed by atoms with Gasteiger partial charge in [0.1, 0.15) is 6.10 Å². The first-order valence-corrected chi connectivity index (χ1v) is 27.1. The molecule has 0 spiro atoms. The van der Waals surface area contributed by atoms with Crippen molar-refractivity contribution in [3.05, 3.63) is 24.3 Å². The Balaban J connectivity index is 3.56. The zero-order valence-corrected chi connectivity index (χ0v) is 40.6. The van der Waals surface area contributed by atoms with Crippen molar-refractivity contribution in [3.8, 4) is 0 Å². The monoisotopic (exact) mass is 846 g/mol. The summed E-state index contributed by atoms with van der Waals surface area (Å²) in [4.78, 5) is 12.6. The molecule has 0 aliphatic heterocycles. The fraction of sp³-hybridized carbons (Fsp3) is 0.909. The Morgan fingerprint density at radius 3 is 1.00 bits per heavy atom. The van der Waals surface area contributed by atoms with Crippen LogP contribution in [0.3, 0.4) is 0 Å². The van der Waals surface area contributed by atoms with E-state index in [2.05, 4.69) is 43.5 Å². The summed E-state index contributed by atoms with van der Waals surface area (Å²) in [6, 6.07) is -0.716. The molecule has 0 aromatic carbocycles. The van der Waals surface area contributed by atoms with Crippen LogP contribution in [0.4, 0.5) is 0 Å². The van der Waals surface area contributed by atoms with Gasteiger partial charge in [0, 0.05) is 0 Å². The first-order valence-electron chi connectivity index (χ1n) is 27.1. The van der Waals surface area contributed by atoms with Gasteiger partial charge < -0.3 is 20.6 Å². The summed E-state index contributed by atoms with van der Waals surface area (Å²) in [6.45, 7) is 4.26. The summed E-state index contributed by atoms with van der Waals surface area (Å²) in [6.07, 6.45) is 63.5. The lowest BCUT2D eigenvalue weighted by atomic mass is 10.0. The van der Waals surface area contributed by atoms with Gasteiger partial charge >= 0.3 is 0 Å². The highest BCUT2D eigenvalue weighted by molar-refractivity contribution is 5.80. The number of nitrogens with one attached hydrogen (secondary N) is 1. The molecule has 0 saturated heterocycles. The van der Waals surface area contributed by atoms with Crippen molar-refractivity contribution in [2.24, 2.45) is 0 Å². The minimum Gasteiger partial charge on any atom is -0.394 e. The van der Waals surface area contributed by atoms with Crippen molar-refractivity contribution >= 4 is 5.91 Å². The number of aliphatic hydroxyl groups excluding tert-OH is 3. The van der Waals surface area contributed by atoms with Crippen LogP contribution in [-0.2, 0) is 4.79 Å². The van der Waals surface area contributed by atoms with E-state index in [0.29, 0.717) is 12.8 Å². The van der Waals surface area contributed by atoms with Crippen LogP contribution in [0.25, 0.3) is 0 Å². The molecule has 3 unspecified atom stereocenters. The number of carbonyl (C=O) groups excluding carboxylic acids is 1. The fourth-order valence-corrected chi connectivity index (χ4v) is 8.58. The Morgan fingerprint density at radius 2 is 0.683 bits per heavy atom. The Labute approximate surface area is 375 Å². The molecule has 356 valence electrons. The van der Waals surface area contributed by atoms with Gasteiger partial charge in [-0.1, -0.05) is 276 Å². The molecule has 0 aromatic heterocycles. The lowest BCUT2D eigenvalue weighted by Crippen LogP contribution is -2.49. The maximum atomic E-state index is 12.6. The Morgan fingerprint density at radius 1 is 0.400 bits per heavy atom. The number of hydrogen-bond donors (Lipinski definition) is 4. The summed E-state index contributed by atoms with van der Waals surface area (Å²) >= 11 is 0. The van der Waals surface area contributed by atoms with Crippen LogP contribution >= 0.6 is 0 Å². The van der Waals surface area contributed by atoms with Crippen molar-refractivity contribution in [2.75, 3.05) is 6.61 Å². The van der Waals surface area contributed by atoms with Gasteiger partial charge in [0.25, 0.3) is 0 Å². The zero-order valence-electron chi connectivity index (χ0n) is 40.6. The van der Waals surface area contributed by atoms with Crippen LogP contribution in [0.2, 0.25) is 0 Å². The van der Waals surface area contributed by atoms with Crippen LogP contribution in [0.1, 0.15) is 296 Å². The molecule has 0 fully saturated rings. The average Bonchev–Trinajstić information content (AvgIpc) is 3.25. The van der Waals surface area contributed by atoms with Crippen molar-refractivity contribution < 1.29 is 20.1 Å². The summed E-state index contributed by atoms with van der Waals surface area (Å²) in [7, 11) is 0. The highest BCUT2D eigenvalue weighted by Gasteiger charge is 2.23. The number of hydrogen-bond acceptors (Lipinski definition) is 4. The zero-order chi connectivity index (χ0) is 43.7. The fourth-order valence-electron chi connectivity index (χ4n) is 8.58. The minimum atomic E-state index is -1.08. The van der Waals surface area contributed by atoms with E-state index in [4.69, 9.17) is 0 Å². The maximum absolute atomic E-state index is 12.6. The third-order valence-electron chi connectivity index (χ3n) is 12.8. The molecule has 4 N–H and O–H groups in total. The van der Waals surface area contributed by atoms with E-state index in [-0.39, 0.29) is 6.61 Å². The second-order valence-electron chi connectivity index (χ2n) is 18.8. The Kier molecular flexibility index (Phi) is 49.5. The predicted octanol–water partition coefficient (Wildman–Crippen LogP) is 16.5. The van der Waals surface area contributed by atoms with E-state index in [0.717, 1.165) is 44.9 Å². The van der Waals surface area contributed by atoms with Gasteiger partial charge in [-0.15, -0.1) is 0 Å². The lowest BCUT2D eigenvalue weighted by molar-refractivity contribution is -0.131. The molecule has 0 aliphatic rings. The number of unbranched alkanes of at least 4 members (excludes halogenated alkanes) is 38. The molecule has 60 heavy (non-hydrogen) atoms. The summed E-state index contributed by atoms with van der Waals surface area (Å²) in [5.74, 6) is -0.474. The van der Waals surface area contributed by atoms with Crippen LogP contribution in [0, 0.1) is 0 Å². The molecule has 0 bridgehead atoms. The van der Waals surface area contributed by atoms with Gasteiger partial charge in [0.05, 0.1) is 18.8 Å². The first-order chi connectivity index (χ1) is 29.6. The van der Waals surface area contributed by atoms with Crippen LogP contribution in [0.15, 0.2) is 24.3 Å². The highest BCUT2D eigenvalue weighted by Crippen LogP contribution is 2.17. The molecular weight excluding hydrogens is 739 g/mol. The molecular formula is C55H107NO4. The highest BCUT2D eigenvalue weighted by atomic mass is 16.3. The molecule has 0 aromatic rings. The molecule has 3 atom stereocenters. The van der Waals surface area contributed by atoms with Gasteiger partial charge in [-0.2, -0.15) is 0 Å². The summed E-state index contributed by atoms with van der Waals surface area (Å²) < 4.78 is 0. The van der Waals surface area contributed by atoms with Crippen molar-refractivity contribution in [2.45, 2.75) is 315 Å². The third-order valence-corrected chi connectivity index (χ3v) is 12.8. The minimum absolute atomic E-state index is 0.315. The number of rotatable bonds is 50. The molecule has 1 amide bonds. The Hall–Kier alpha value is -1.17. The standard InChI is InChI=1S/C55H107NO4/c1-3-5-7-9-11-13-15-17-19-21-23-25-27-28-30-31-33-35-37-39-41-43-45-47-49-53(58)52(51-57)56-55(60)54(59)50-48-46-44-42-40-38-36-34-32-29-26-24-22-20-18-16-14-12-10-8-6-4-2/h24,26,32,34,52-54,57-59H,3-23,25,27-31,33,35-51H2,1-2H3,(H,56,60)/b26-24-,34-32-. The maximum Gasteiger partial charge on any atom is 0.249 e. The number of carbonyl (C=O) groups is 1. The average molecular weight is 846 g/mol. The lowest BCUT2D eigenvalue weighted by Gasteiger charge is -2.23. The third kappa shape index (κ3) is 44.9. The number of aliphatic hydroxyl groups is 3.